The van der Waals surface area contributed by atoms with E-state index in [4.69, 9.17) is 24.7 Å². The number of hydrogen-bond donors (Lipinski definition) is 8. The van der Waals surface area contributed by atoms with Crippen LogP contribution in [0.5, 0.6) is 5.75 Å². The van der Waals surface area contributed by atoms with E-state index in [-0.39, 0.29) is 136 Å². The van der Waals surface area contributed by atoms with Crippen LogP contribution in [0.3, 0.4) is 0 Å². The third-order valence-electron chi connectivity index (χ3n) is 19.1. The Morgan fingerprint density at radius 3 is 2.00 bits per heavy atom. The molecular formula is C77H113N13O19S. The van der Waals surface area contributed by atoms with Crippen molar-refractivity contribution in [3.63, 3.8) is 0 Å². The van der Waals surface area contributed by atoms with Gasteiger partial charge in [0.05, 0.1) is 12.0 Å². The SMILES string of the molecule is CC[C@H](C)[C@H](NC(=O)[C@H]1CCCCN1C)C(=O)N(COC(=O)CC(C)C)[C@H](C[C@@H](OC(C)=O)c1nc(C(=O)N[C@@H](Cc2ccc(OC(=O)N(C)CCN(C)C(=O)OCc3ccc(NC(=O)[C@@H](CCCNC(N)=O)NC(=O)[C@H](NC(=O)CCCCCN4C(=O)C=CC4=O)C(C)C)cc3)cc2)C[C@H](C)C(=O)O)cs1)C(C)C. The second kappa shape index (κ2) is 45.2. The van der Waals surface area contributed by atoms with Gasteiger partial charge in [0.2, 0.25) is 29.5 Å². The van der Waals surface area contributed by atoms with Gasteiger partial charge in [-0.1, -0.05) is 106 Å². The average Bonchev–Trinajstić information content (AvgIpc) is 1.32. The number of unbranched alkanes of at least 4 members (excludes halogenated alkanes) is 2. The molecule has 2 aromatic carbocycles. The summed E-state index contributed by atoms with van der Waals surface area (Å²) in [6.07, 6.45) is 4.94. The number of benzene rings is 2. The first-order valence-electron chi connectivity index (χ1n) is 37.6. The van der Waals surface area contributed by atoms with E-state index in [1.165, 1.54) is 72.3 Å². The maximum atomic E-state index is 15.1. The number of hydrogen-bond acceptors (Lipinski definition) is 21. The van der Waals surface area contributed by atoms with E-state index in [0.717, 1.165) is 35.6 Å². The van der Waals surface area contributed by atoms with E-state index < -0.39 is 121 Å². The molecule has 9 atom stereocenters. The van der Waals surface area contributed by atoms with Crippen LogP contribution in [0.25, 0.3) is 0 Å². The van der Waals surface area contributed by atoms with Crippen LogP contribution in [0.2, 0.25) is 0 Å². The fourth-order valence-corrected chi connectivity index (χ4v) is 13.1. The lowest BCUT2D eigenvalue weighted by Crippen LogP contribution is -2.59. The van der Waals surface area contributed by atoms with E-state index in [1.807, 2.05) is 53.5 Å². The van der Waals surface area contributed by atoms with Gasteiger partial charge in [0.25, 0.3) is 17.7 Å². The number of anilines is 1. The van der Waals surface area contributed by atoms with Crippen molar-refractivity contribution in [1.82, 2.24) is 56.1 Å². The maximum Gasteiger partial charge on any atom is 0.415 e. The number of thiazole rings is 1. The highest BCUT2D eigenvalue weighted by Crippen LogP contribution is 2.33. The van der Waals surface area contributed by atoms with E-state index in [9.17, 15) is 67.4 Å². The third kappa shape index (κ3) is 30.1. The van der Waals surface area contributed by atoms with E-state index >= 15 is 4.79 Å². The summed E-state index contributed by atoms with van der Waals surface area (Å²) in [4.78, 5) is 195. The number of amides is 12. The summed E-state index contributed by atoms with van der Waals surface area (Å²) in [6, 6.07) is 6.95. The molecule has 12 amide bonds. The van der Waals surface area contributed by atoms with Gasteiger partial charge in [0, 0.05) is 102 Å². The van der Waals surface area contributed by atoms with E-state index in [1.54, 1.807) is 50.2 Å². The topological polar surface area (TPSA) is 423 Å². The fraction of sp³-hybridized carbons (Fsp3) is 0.597. The van der Waals surface area contributed by atoms with Gasteiger partial charge in [-0.15, -0.1) is 11.3 Å². The molecule has 5 rings (SSSR count). The number of ether oxygens (including phenoxy) is 4. The number of piperidine rings is 1. The van der Waals surface area contributed by atoms with Crippen LogP contribution >= 0.6 is 11.3 Å². The van der Waals surface area contributed by atoms with Crippen molar-refractivity contribution in [2.45, 2.75) is 208 Å². The largest absolute Gasteiger partial charge is 0.481 e. The fourth-order valence-electron chi connectivity index (χ4n) is 12.3. The number of nitrogens with one attached hydrogen (secondary N) is 6. The molecule has 1 saturated heterocycles. The second-order valence-corrected chi connectivity index (χ2v) is 30.2. The molecule has 33 heteroatoms. The van der Waals surface area contributed by atoms with Gasteiger partial charge in [-0.3, -0.25) is 62.5 Å². The molecule has 1 fully saturated rings. The first-order valence-corrected chi connectivity index (χ1v) is 38.5. The number of carboxylic acids is 1. The number of nitrogens with two attached hydrogens (primary N) is 1. The number of primary amides is 1. The minimum Gasteiger partial charge on any atom is -0.481 e. The first kappa shape index (κ1) is 90.6. The Labute approximate surface area is 647 Å². The molecule has 606 valence electrons. The minimum absolute atomic E-state index is 0.00461. The molecule has 9 N–H and O–H groups in total. The monoisotopic (exact) mass is 1560 g/mol. The van der Waals surface area contributed by atoms with Crippen LogP contribution in [-0.4, -0.2) is 215 Å². The normalized spacial score (nSPS) is 15.7. The molecular weight excluding hydrogens is 1440 g/mol. The van der Waals surface area contributed by atoms with Crippen LogP contribution in [0.15, 0.2) is 66.1 Å². The summed E-state index contributed by atoms with van der Waals surface area (Å²) in [6.45, 7) is 18.0. The Bertz CT molecular complexity index is 3650. The number of rotatable bonds is 44. The standard InChI is InChI=1S/C77H113N13O19S/c1-14-49(8)67(85-70(98)59-22-17-19-35-86(59)11)73(100)90(45-107-65(95)39-46(2)3)60(47(4)5)42-61(108-51(10)91)72-83-58(44-110-72)69(97)81-55(40-50(9)74(101)102)41-52-26-30-56(31-27-52)109-77(105)88(13)38-37-87(12)76(104)106-43-53-24-28-54(29-25-53)80-68(96)57(21-20-34-79-75(78)103)82-71(99)66(48(6)7)84-62(92)23-16-15-18-36-89-63(93)32-33-64(89)94/h24-33,44,46-50,55,57,59-61,66-67H,14-23,34-43,45H2,1-13H3,(H,80,96)(H,81,97)(H,82,99)(H,84,92)(H,85,98)(H,101,102)(H3,78,79,103)/t49-,50-,55+,57+,59+,60+,61+,66+,67-/m0/s1. The van der Waals surface area contributed by atoms with E-state index in [2.05, 4.69) is 36.9 Å². The Morgan fingerprint density at radius 2 is 1.40 bits per heavy atom. The van der Waals surface area contributed by atoms with Gasteiger partial charge in [0.1, 0.15) is 41.2 Å². The zero-order valence-electron chi connectivity index (χ0n) is 65.6. The van der Waals surface area contributed by atoms with Crippen molar-refractivity contribution in [3.05, 3.63) is 87.9 Å². The average molecular weight is 1560 g/mol. The number of carbonyl (C=O) groups excluding carboxylic acids is 13. The van der Waals surface area contributed by atoms with Crippen molar-refractivity contribution < 1.29 is 91.2 Å². The van der Waals surface area contributed by atoms with Gasteiger partial charge < -0.3 is 76.4 Å². The molecule has 2 aliphatic heterocycles. The molecule has 32 nitrogen and oxygen atoms in total. The summed E-state index contributed by atoms with van der Waals surface area (Å²) in [5, 5.41) is 28.4. The summed E-state index contributed by atoms with van der Waals surface area (Å²) < 4.78 is 22.8. The molecule has 3 aromatic rings. The number of aromatic nitrogens is 1. The summed E-state index contributed by atoms with van der Waals surface area (Å²) >= 11 is 1.04. The second-order valence-electron chi connectivity index (χ2n) is 29.3. The number of esters is 2. The van der Waals surface area contributed by atoms with Crippen LogP contribution in [0.4, 0.5) is 20.1 Å². The van der Waals surface area contributed by atoms with Gasteiger partial charge in [-0.05, 0) is 124 Å². The Balaban J connectivity index is 1.15. The number of likely N-dealkylation sites (N-methyl/N-ethyl adjacent to an activating group) is 3. The highest BCUT2D eigenvalue weighted by molar-refractivity contribution is 7.09. The Kier molecular flexibility index (Phi) is 37.2. The smallest absolute Gasteiger partial charge is 0.415 e. The lowest BCUT2D eigenvalue weighted by molar-refractivity contribution is -0.161. The highest BCUT2D eigenvalue weighted by atomic mass is 32.1. The van der Waals surface area contributed by atoms with Crippen molar-refractivity contribution in [3.8, 4) is 5.75 Å². The van der Waals surface area contributed by atoms with Crippen LogP contribution in [-0.2, 0) is 75.2 Å². The predicted octanol–water partition coefficient (Wildman–Crippen LogP) is 7.20. The molecule has 1 aromatic heterocycles. The molecule has 110 heavy (non-hydrogen) atoms. The number of carboxylic acid groups (broad SMARTS) is 1. The number of imide groups is 1. The molecule has 2 aliphatic rings. The van der Waals surface area contributed by atoms with Gasteiger partial charge in [-0.25, -0.2) is 19.4 Å². The summed E-state index contributed by atoms with van der Waals surface area (Å²) in [7, 11) is 4.84. The number of urea groups is 1. The lowest BCUT2D eigenvalue weighted by Gasteiger charge is -2.39. The molecule has 3 heterocycles. The van der Waals surface area contributed by atoms with E-state index in [0.29, 0.717) is 48.9 Å². The highest BCUT2D eigenvalue weighted by Gasteiger charge is 2.40. The van der Waals surface area contributed by atoms with Gasteiger partial charge >= 0.3 is 36.1 Å². The molecule has 0 radical (unpaired) electrons. The Morgan fingerprint density at radius 1 is 0.745 bits per heavy atom. The van der Waals surface area contributed by atoms with Gasteiger partial charge in [0.15, 0.2) is 12.8 Å². The lowest BCUT2D eigenvalue weighted by atomic mass is 9.92. The summed E-state index contributed by atoms with van der Waals surface area (Å²) in [5.41, 5.74) is 6.72. The Hall–Kier alpha value is -10.1. The number of nitrogens with zero attached hydrogens (tertiary/aromatic N) is 6. The number of likely N-dealkylation sites (tertiary alicyclic amines) is 1. The van der Waals surface area contributed by atoms with Crippen molar-refractivity contribution in [1.29, 1.82) is 0 Å². The zero-order valence-corrected chi connectivity index (χ0v) is 66.4. The van der Waals surface area contributed by atoms with Crippen LogP contribution in [0.1, 0.15) is 185 Å². The predicted molar refractivity (Wildman–Crippen MR) is 408 cm³/mol. The van der Waals surface area contributed by atoms with Crippen molar-refractivity contribution in [2.75, 3.05) is 65.9 Å². The molecule has 0 unspecified atom stereocenters. The van der Waals surface area contributed by atoms with Gasteiger partial charge in [-0.2, -0.15) is 0 Å². The molecule has 0 spiro atoms. The van der Waals surface area contributed by atoms with Crippen molar-refractivity contribution in [2.24, 2.45) is 35.3 Å². The molecule has 0 bridgehead atoms. The maximum absolute atomic E-state index is 15.1. The zero-order chi connectivity index (χ0) is 81.5. The van der Waals surface area contributed by atoms with Crippen molar-refractivity contribution >= 4 is 100 Å². The summed E-state index contributed by atoms with van der Waals surface area (Å²) in [5.74, 6) is -7.86. The minimum atomic E-state index is -1.11. The van der Waals surface area contributed by atoms with Crippen LogP contribution in [0, 0.1) is 29.6 Å². The molecule has 0 saturated carbocycles. The third-order valence-corrected chi connectivity index (χ3v) is 20.0. The number of aliphatic carboxylic acids is 1. The quantitative estimate of drug-likeness (QED) is 0.00911. The number of carbonyl (C=O) groups is 14. The molecule has 0 aliphatic carbocycles. The first-order chi connectivity index (χ1) is 52.0. The van der Waals surface area contributed by atoms with Crippen LogP contribution < -0.4 is 42.4 Å².